The lowest BCUT2D eigenvalue weighted by atomic mass is 10.2. The molecule has 0 atom stereocenters. The minimum Gasteiger partial charge on any atom is -0.479 e. The van der Waals surface area contributed by atoms with Gasteiger partial charge >= 0.3 is 17.9 Å². The van der Waals surface area contributed by atoms with Crippen LogP contribution in [0.3, 0.4) is 0 Å². The molecule has 0 fully saturated rings. The van der Waals surface area contributed by atoms with E-state index >= 15 is 0 Å². The minimum atomic E-state index is -1.28. The van der Waals surface area contributed by atoms with Crippen LogP contribution in [0.4, 0.5) is 0 Å². The van der Waals surface area contributed by atoms with Crippen molar-refractivity contribution >= 4 is 17.9 Å². The standard InChI is InChI=1S/C12H18O7/c1-3-17-5-4-6-18-11(15)7-9(2)12(16)19-8-10(13)14/h2-8H2,1H3,(H,13,14). The predicted molar refractivity (Wildman–Crippen MR) is 64.4 cm³/mol. The van der Waals surface area contributed by atoms with Crippen LogP contribution in [0.25, 0.3) is 0 Å². The van der Waals surface area contributed by atoms with Crippen molar-refractivity contribution in [1.29, 1.82) is 0 Å². The summed E-state index contributed by atoms with van der Waals surface area (Å²) >= 11 is 0. The van der Waals surface area contributed by atoms with E-state index in [9.17, 15) is 14.4 Å². The molecule has 0 aliphatic rings. The quantitative estimate of drug-likeness (QED) is 0.352. The van der Waals surface area contributed by atoms with Gasteiger partial charge in [-0.3, -0.25) is 4.79 Å². The van der Waals surface area contributed by atoms with Gasteiger partial charge in [-0.2, -0.15) is 0 Å². The third-order valence-corrected chi connectivity index (χ3v) is 1.87. The van der Waals surface area contributed by atoms with Crippen LogP contribution in [0.2, 0.25) is 0 Å². The van der Waals surface area contributed by atoms with E-state index in [4.69, 9.17) is 14.6 Å². The molecule has 0 radical (unpaired) electrons. The molecule has 0 amide bonds. The highest BCUT2D eigenvalue weighted by Gasteiger charge is 2.15. The maximum absolute atomic E-state index is 11.3. The molecule has 0 saturated carbocycles. The van der Waals surface area contributed by atoms with Gasteiger partial charge < -0.3 is 19.3 Å². The third-order valence-electron chi connectivity index (χ3n) is 1.87. The molecule has 19 heavy (non-hydrogen) atoms. The van der Waals surface area contributed by atoms with Gasteiger partial charge in [-0.15, -0.1) is 0 Å². The number of carboxylic acids is 1. The highest BCUT2D eigenvalue weighted by Crippen LogP contribution is 2.03. The van der Waals surface area contributed by atoms with Gasteiger partial charge in [0.2, 0.25) is 0 Å². The SMILES string of the molecule is C=C(CC(=O)OCCCOCC)C(=O)OCC(=O)O. The van der Waals surface area contributed by atoms with Crippen LogP contribution in [0.1, 0.15) is 19.8 Å². The first-order valence-corrected chi connectivity index (χ1v) is 5.77. The first kappa shape index (κ1) is 17.1. The zero-order chi connectivity index (χ0) is 14.7. The Morgan fingerprint density at radius 1 is 1.16 bits per heavy atom. The van der Waals surface area contributed by atoms with Gasteiger partial charge in [0.05, 0.1) is 13.0 Å². The fourth-order valence-electron chi connectivity index (χ4n) is 1.02. The maximum Gasteiger partial charge on any atom is 0.341 e. The number of esters is 2. The molecule has 0 aliphatic heterocycles. The van der Waals surface area contributed by atoms with Gasteiger partial charge in [-0.05, 0) is 6.92 Å². The van der Waals surface area contributed by atoms with Crippen LogP contribution in [-0.4, -0.2) is 49.4 Å². The number of ether oxygens (including phenoxy) is 3. The third kappa shape index (κ3) is 9.78. The van der Waals surface area contributed by atoms with E-state index in [2.05, 4.69) is 11.3 Å². The lowest BCUT2D eigenvalue weighted by Crippen LogP contribution is -2.17. The molecule has 0 saturated heterocycles. The number of rotatable bonds is 10. The Labute approximate surface area is 111 Å². The fraction of sp³-hybridized carbons (Fsp3) is 0.583. The van der Waals surface area contributed by atoms with Gasteiger partial charge in [-0.25, -0.2) is 9.59 Å². The van der Waals surface area contributed by atoms with Gasteiger partial charge in [0, 0.05) is 25.2 Å². The highest BCUT2D eigenvalue weighted by molar-refractivity contribution is 5.94. The maximum atomic E-state index is 11.3. The van der Waals surface area contributed by atoms with Crippen molar-refractivity contribution in [3.05, 3.63) is 12.2 Å². The van der Waals surface area contributed by atoms with Crippen molar-refractivity contribution in [1.82, 2.24) is 0 Å². The van der Waals surface area contributed by atoms with E-state index < -0.39 is 24.5 Å². The van der Waals surface area contributed by atoms with E-state index in [-0.39, 0.29) is 18.6 Å². The summed E-state index contributed by atoms with van der Waals surface area (Å²) in [5.74, 6) is -2.82. The van der Waals surface area contributed by atoms with E-state index in [1.54, 1.807) is 0 Å². The van der Waals surface area contributed by atoms with Crippen molar-refractivity contribution in [2.45, 2.75) is 19.8 Å². The summed E-state index contributed by atoms with van der Waals surface area (Å²) in [6.07, 6.45) is 0.239. The topological polar surface area (TPSA) is 99.1 Å². The summed E-state index contributed by atoms with van der Waals surface area (Å²) in [5, 5.41) is 8.30. The largest absolute Gasteiger partial charge is 0.479 e. The number of carbonyl (C=O) groups excluding carboxylic acids is 2. The van der Waals surface area contributed by atoms with Crippen LogP contribution < -0.4 is 0 Å². The van der Waals surface area contributed by atoms with Crippen molar-refractivity contribution < 1.29 is 33.7 Å². The van der Waals surface area contributed by atoms with E-state index in [0.717, 1.165) is 0 Å². The minimum absolute atomic E-state index is 0.143. The lowest BCUT2D eigenvalue weighted by Gasteiger charge is -2.06. The molecule has 0 bridgehead atoms. The Kier molecular flexibility index (Phi) is 9.07. The lowest BCUT2D eigenvalue weighted by molar-refractivity contribution is -0.153. The summed E-state index contributed by atoms with van der Waals surface area (Å²) in [4.78, 5) is 32.6. The monoisotopic (exact) mass is 274 g/mol. The van der Waals surface area contributed by atoms with Gasteiger partial charge in [0.25, 0.3) is 0 Å². The molecule has 0 aliphatic carbocycles. The van der Waals surface area contributed by atoms with Gasteiger partial charge in [0.15, 0.2) is 6.61 Å². The van der Waals surface area contributed by atoms with Gasteiger partial charge in [0.1, 0.15) is 0 Å². The highest BCUT2D eigenvalue weighted by atomic mass is 16.6. The van der Waals surface area contributed by atoms with E-state index in [1.807, 2.05) is 6.92 Å². The zero-order valence-corrected chi connectivity index (χ0v) is 10.8. The molecule has 1 N–H and O–H groups in total. The Morgan fingerprint density at radius 3 is 2.42 bits per heavy atom. The predicted octanol–water partition coefficient (Wildman–Crippen LogP) is 0.530. The van der Waals surface area contributed by atoms with Crippen molar-refractivity contribution in [2.75, 3.05) is 26.4 Å². The molecule has 7 nitrogen and oxygen atoms in total. The average molecular weight is 274 g/mol. The first-order valence-electron chi connectivity index (χ1n) is 5.77. The molecule has 0 aromatic rings. The number of carboxylic acid groups (broad SMARTS) is 1. The second-order valence-corrected chi connectivity index (χ2v) is 3.52. The Balaban J connectivity index is 3.76. The Morgan fingerprint density at radius 2 is 1.84 bits per heavy atom. The van der Waals surface area contributed by atoms with Crippen molar-refractivity contribution in [2.24, 2.45) is 0 Å². The molecule has 0 spiro atoms. The van der Waals surface area contributed by atoms with Crippen molar-refractivity contribution in [3.8, 4) is 0 Å². The molecular weight excluding hydrogens is 256 g/mol. The summed E-state index contributed by atoms with van der Waals surface area (Å²) in [6.45, 7) is 5.71. The van der Waals surface area contributed by atoms with Crippen LogP contribution in [0.15, 0.2) is 12.2 Å². The first-order chi connectivity index (χ1) is 8.97. The normalized spacial score (nSPS) is 9.74. The van der Waals surface area contributed by atoms with Crippen molar-refractivity contribution in [3.63, 3.8) is 0 Å². The zero-order valence-electron chi connectivity index (χ0n) is 10.8. The molecule has 0 rings (SSSR count). The van der Waals surface area contributed by atoms with Crippen LogP contribution in [0.5, 0.6) is 0 Å². The fourth-order valence-corrected chi connectivity index (χ4v) is 1.02. The summed E-state index contributed by atoms with van der Waals surface area (Å²) in [6, 6.07) is 0. The summed E-state index contributed by atoms with van der Waals surface area (Å²) in [7, 11) is 0. The van der Waals surface area contributed by atoms with Crippen LogP contribution in [-0.2, 0) is 28.6 Å². The smallest absolute Gasteiger partial charge is 0.341 e. The molecule has 0 heterocycles. The van der Waals surface area contributed by atoms with E-state index in [0.29, 0.717) is 19.6 Å². The molecular formula is C12H18O7. The second kappa shape index (κ2) is 10.1. The molecule has 0 aromatic heterocycles. The van der Waals surface area contributed by atoms with Crippen LogP contribution >= 0.6 is 0 Å². The van der Waals surface area contributed by atoms with Crippen LogP contribution in [0, 0.1) is 0 Å². The second-order valence-electron chi connectivity index (χ2n) is 3.52. The van der Waals surface area contributed by atoms with E-state index in [1.165, 1.54) is 0 Å². The summed E-state index contributed by atoms with van der Waals surface area (Å²) in [5.41, 5.74) is -0.143. The molecule has 0 unspecified atom stereocenters. The average Bonchev–Trinajstić information content (AvgIpc) is 2.35. The molecule has 7 heteroatoms. The Bertz CT molecular complexity index is 335. The molecule has 0 aromatic carbocycles. The Hall–Kier alpha value is -1.89. The number of carbonyl (C=O) groups is 3. The van der Waals surface area contributed by atoms with Gasteiger partial charge in [-0.1, -0.05) is 6.58 Å². The molecule has 108 valence electrons. The summed E-state index contributed by atoms with van der Waals surface area (Å²) < 4.78 is 14.2. The number of aliphatic carboxylic acids is 1. The number of hydrogen-bond donors (Lipinski definition) is 1. The number of hydrogen-bond acceptors (Lipinski definition) is 6.